The highest BCUT2D eigenvalue weighted by Crippen LogP contribution is 2.34. The van der Waals surface area contributed by atoms with Crippen molar-refractivity contribution in [1.29, 1.82) is 0 Å². The van der Waals surface area contributed by atoms with Crippen LogP contribution in [-0.2, 0) is 13.5 Å². The Bertz CT molecular complexity index is 1030. The fraction of sp³-hybridized carbons (Fsp3) is 0.350. The largest absolute Gasteiger partial charge is 0.369 e. The van der Waals surface area contributed by atoms with Crippen molar-refractivity contribution in [3.8, 4) is 10.6 Å². The van der Waals surface area contributed by atoms with Gasteiger partial charge in [0.05, 0.1) is 17.6 Å². The van der Waals surface area contributed by atoms with Gasteiger partial charge in [-0.05, 0) is 30.7 Å². The number of hydrogen-bond donors (Lipinski definition) is 0. The summed E-state index contributed by atoms with van der Waals surface area (Å²) < 4.78 is 15.1. The van der Waals surface area contributed by atoms with Crippen molar-refractivity contribution in [3.63, 3.8) is 0 Å². The maximum atomic E-state index is 13.4. The topological polar surface area (TPSA) is 54.3 Å². The first-order valence-electron chi connectivity index (χ1n) is 9.38. The first-order chi connectivity index (χ1) is 13.6. The molecule has 0 unspecified atom stereocenters. The molecule has 0 spiro atoms. The van der Waals surface area contributed by atoms with Gasteiger partial charge in [-0.2, -0.15) is 5.10 Å². The number of benzene rings is 1. The lowest BCUT2D eigenvalue weighted by molar-refractivity contribution is 0.0984. The van der Waals surface area contributed by atoms with Gasteiger partial charge in [-0.3, -0.25) is 9.48 Å². The first-order valence-corrected chi connectivity index (χ1v) is 10.2. The summed E-state index contributed by atoms with van der Waals surface area (Å²) in [6, 6.07) is 8.04. The minimum atomic E-state index is -0.737. The molecule has 1 amide bonds. The van der Waals surface area contributed by atoms with E-state index in [2.05, 4.69) is 10.00 Å². The van der Waals surface area contributed by atoms with E-state index in [1.807, 2.05) is 37.5 Å². The van der Waals surface area contributed by atoms with Crippen LogP contribution in [0.1, 0.15) is 21.8 Å². The zero-order valence-electron chi connectivity index (χ0n) is 15.5. The lowest BCUT2D eigenvalue weighted by atomic mass is 10.1. The number of alkyl halides is 1. The molecule has 28 heavy (non-hydrogen) atoms. The molecule has 4 heterocycles. The summed E-state index contributed by atoms with van der Waals surface area (Å²) in [6.07, 6.45) is 4.15. The number of anilines is 2. The lowest BCUT2D eigenvalue weighted by Gasteiger charge is -2.24. The fourth-order valence-electron chi connectivity index (χ4n) is 3.81. The minimum Gasteiger partial charge on any atom is -0.369 e. The number of amides is 1. The second kappa shape index (κ2) is 6.70. The number of carbonyl (C=O) groups is 1. The second-order valence-electron chi connectivity index (χ2n) is 7.25. The molecule has 2 aliphatic heterocycles. The third-order valence-electron chi connectivity index (χ3n) is 5.32. The van der Waals surface area contributed by atoms with Crippen molar-refractivity contribution in [3.05, 3.63) is 47.2 Å². The monoisotopic (exact) mass is 397 g/mol. The van der Waals surface area contributed by atoms with Crippen molar-refractivity contribution < 1.29 is 9.18 Å². The molecule has 8 heteroatoms. The number of hydrogen-bond acceptors (Lipinski definition) is 5. The minimum absolute atomic E-state index is 0.0133. The smallest absolute Gasteiger partial charge is 0.270 e. The molecular formula is C20H20FN5OS. The number of carbonyl (C=O) groups excluding carboxylic acids is 1. The van der Waals surface area contributed by atoms with E-state index in [4.69, 9.17) is 4.98 Å². The Labute approximate surface area is 166 Å². The predicted molar refractivity (Wildman–Crippen MR) is 108 cm³/mol. The van der Waals surface area contributed by atoms with Gasteiger partial charge in [0.2, 0.25) is 0 Å². The average molecular weight is 397 g/mol. The van der Waals surface area contributed by atoms with E-state index in [1.54, 1.807) is 15.8 Å². The van der Waals surface area contributed by atoms with Crippen molar-refractivity contribution in [2.75, 3.05) is 29.4 Å². The number of rotatable bonds is 3. The number of aromatic nitrogens is 3. The van der Waals surface area contributed by atoms with E-state index in [0.29, 0.717) is 24.4 Å². The summed E-state index contributed by atoms with van der Waals surface area (Å²) in [5.74, 6) is -0.0133. The first kappa shape index (κ1) is 17.4. The summed E-state index contributed by atoms with van der Waals surface area (Å²) in [7, 11) is 1.84. The molecule has 1 fully saturated rings. The van der Waals surface area contributed by atoms with Gasteiger partial charge >= 0.3 is 0 Å². The maximum absolute atomic E-state index is 13.4. The van der Waals surface area contributed by atoms with Gasteiger partial charge < -0.3 is 9.80 Å². The zero-order chi connectivity index (χ0) is 19.3. The van der Waals surface area contributed by atoms with Crippen LogP contribution in [-0.4, -0.2) is 46.5 Å². The molecule has 1 atom stereocenters. The highest BCUT2D eigenvalue weighted by Gasteiger charge is 2.30. The molecule has 2 aliphatic rings. The second-order valence-corrected chi connectivity index (χ2v) is 8.25. The molecule has 0 saturated carbocycles. The normalized spacial score (nSPS) is 19.4. The number of aryl methyl sites for hydroxylation is 1. The molecule has 1 saturated heterocycles. The molecular weight excluding hydrogens is 377 g/mol. The Kier molecular flexibility index (Phi) is 4.16. The summed E-state index contributed by atoms with van der Waals surface area (Å²) >= 11 is 1.44. The van der Waals surface area contributed by atoms with E-state index >= 15 is 0 Å². The van der Waals surface area contributed by atoms with Crippen molar-refractivity contribution in [2.45, 2.75) is 19.0 Å². The molecule has 0 aliphatic carbocycles. The van der Waals surface area contributed by atoms with Gasteiger partial charge in [0.1, 0.15) is 16.1 Å². The molecule has 2 aromatic heterocycles. The van der Waals surface area contributed by atoms with E-state index in [1.165, 1.54) is 11.3 Å². The SMILES string of the molecule is Cn1cc(N2CCc3nc(-c4ccc(N5CC[C@H](F)C5)cc4)sc3C2=O)cn1. The zero-order valence-corrected chi connectivity index (χ0v) is 16.3. The summed E-state index contributed by atoms with van der Waals surface area (Å²) in [5, 5.41) is 5.01. The van der Waals surface area contributed by atoms with Crippen LogP contribution in [0.2, 0.25) is 0 Å². The third kappa shape index (κ3) is 2.97. The van der Waals surface area contributed by atoms with E-state index in [9.17, 15) is 9.18 Å². The Morgan fingerprint density at radius 3 is 2.68 bits per heavy atom. The number of halogens is 1. The Morgan fingerprint density at radius 1 is 1.18 bits per heavy atom. The van der Waals surface area contributed by atoms with E-state index < -0.39 is 6.17 Å². The molecule has 144 valence electrons. The van der Waals surface area contributed by atoms with Crippen molar-refractivity contribution in [2.24, 2.45) is 7.05 Å². The Morgan fingerprint density at radius 2 is 2.00 bits per heavy atom. The van der Waals surface area contributed by atoms with Gasteiger partial charge in [0, 0.05) is 50.6 Å². The van der Waals surface area contributed by atoms with Gasteiger partial charge in [0.15, 0.2) is 0 Å². The number of nitrogens with zero attached hydrogens (tertiary/aromatic N) is 5. The van der Waals surface area contributed by atoms with Crippen LogP contribution in [0.25, 0.3) is 10.6 Å². The molecule has 0 N–H and O–H groups in total. The molecule has 5 rings (SSSR count). The maximum Gasteiger partial charge on any atom is 0.270 e. The van der Waals surface area contributed by atoms with Crippen LogP contribution in [0.3, 0.4) is 0 Å². The highest BCUT2D eigenvalue weighted by molar-refractivity contribution is 7.17. The number of fused-ring (bicyclic) bond motifs is 1. The predicted octanol–water partition coefficient (Wildman–Crippen LogP) is 3.29. The van der Waals surface area contributed by atoms with Crippen LogP contribution in [0, 0.1) is 0 Å². The van der Waals surface area contributed by atoms with Crippen molar-refractivity contribution >= 4 is 28.6 Å². The van der Waals surface area contributed by atoms with Gasteiger partial charge in [-0.25, -0.2) is 9.37 Å². The van der Waals surface area contributed by atoms with Crippen molar-refractivity contribution in [1.82, 2.24) is 14.8 Å². The van der Waals surface area contributed by atoms with Crippen LogP contribution >= 0.6 is 11.3 Å². The van der Waals surface area contributed by atoms with Crippen LogP contribution in [0.5, 0.6) is 0 Å². The third-order valence-corrected chi connectivity index (χ3v) is 6.46. The molecule has 0 bridgehead atoms. The van der Waals surface area contributed by atoms with Gasteiger partial charge in [0.25, 0.3) is 5.91 Å². The molecule has 0 radical (unpaired) electrons. The quantitative estimate of drug-likeness (QED) is 0.681. The van der Waals surface area contributed by atoms with E-state index in [-0.39, 0.29) is 5.91 Å². The van der Waals surface area contributed by atoms with E-state index in [0.717, 1.165) is 40.6 Å². The molecule has 6 nitrogen and oxygen atoms in total. The van der Waals surface area contributed by atoms with Crippen LogP contribution < -0.4 is 9.80 Å². The summed E-state index contributed by atoms with van der Waals surface area (Å²) in [6.45, 7) is 1.83. The summed E-state index contributed by atoms with van der Waals surface area (Å²) in [4.78, 5) is 22.2. The van der Waals surface area contributed by atoms with Gasteiger partial charge in [-0.15, -0.1) is 11.3 Å². The lowest BCUT2D eigenvalue weighted by Crippen LogP contribution is -2.36. The number of thiazole rings is 1. The summed E-state index contributed by atoms with van der Waals surface area (Å²) in [5.41, 5.74) is 3.70. The average Bonchev–Trinajstić information content (AvgIpc) is 3.42. The standard InChI is InChI=1S/C20H20FN5OS/c1-24-12-16(10-22-24)26-9-7-17-18(20(26)27)28-19(23-17)13-2-4-15(5-3-13)25-8-6-14(21)11-25/h2-5,10,12,14H,6-9,11H2,1H3/t14-/m0/s1. The Balaban J connectivity index is 1.39. The van der Waals surface area contributed by atoms with Crippen LogP contribution in [0.4, 0.5) is 15.8 Å². The molecule has 3 aromatic rings. The highest BCUT2D eigenvalue weighted by atomic mass is 32.1. The van der Waals surface area contributed by atoms with Gasteiger partial charge in [-0.1, -0.05) is 0 Å². The van der Waals surface area contributed by atoms with Crippen LogP contribution in [0.15, 0.2) is 36.7 Å². The molecule has 1 aromatic carbocycles. The Hall–Kier alpha value is -2.74. The fourth-order valence-corrected chi connectivity index (χ4v) is 4.88.